The molecule has 0 spiro atoms. The van der Waals surface area contributed by atoms with E-state index in [1.165, 1.54) is 16.7 Å². The summed E-state index contributed by atoms with van der Waals surface area (Å²) in [5, 5.41) is 30.9. The van der Waals surface area contributed by atoms with Gasteiger partial charge in [-0.2, -0.15) is 10.5 Å². The fourth-order valence-electron chi connectivity index (χ4n) is 9.38. The van der Waals surface area contributed by atoms with Crippen LogP contribution in [0.5, 0.6) is 23.0 Å². The van der Waals surface area contributed by atoms with Crippen molar-refractivity contribution in [3.8, 4) is 34.5 Å². The maximum atomic E-state index is 13.9. The number of hydrogen-bond acceptors (Lipinski definition) is 15. The maximum absolute atomic E-state index is 13.9. The van der Waals surface area contributed by atoms with Gasteiger partial charge in [-0.3, -0.25) is 29.0 Å². The Morgan fingerprint density at radius 3 is 1.61 bits per heavy atom. The number of amides is 4. The average Bonchev–Trinajstić information content (AvgIpc) is 4.11. The van der Waals surface area contributed by atoms with E-state index in [0.29, 0.717) is 87.2 Å². The normalized spacial score (nSPS) is 13.4. The van der Waals surface area contributed by atoms with Crippen LogP contribution < -0.4 is 35.3 Å². The number of hydrogen-bond donors (Lipinski definition) is 3. The number of imide groups is 2. The van der Waals surface area contributed by atoms with Crippen LogP contribution in [0.2, 0.25) is 0 Å². The van der Waals surface area contributed by atoms with Crippen molar-refractivity contribution in [2.24, 2.45) is 0 Å². The van der Waals surface area contributed by atoms with Gasteiger partial charge in [0.1, 0.15) is 5.40 Å². The molecule has 0 saturated carbocycles. The number of fused-ring (bicyclic) bond motifs is 6. The number of thiocyanates is 1. The van der Waals surface area contributed by atoms with Crippen molar-refractivity contribution in [3.63, 3.8) is 0 Å². The van der Waals surface area contributed by atoms with Crippen LogP contribution in [-0.2, 0) is 0 Å². The summed E-state index contributed by atoms with van der Waals surface area (Å²) < 4.78 is 21.1. The predicted octanol–water partition coefficient (Wildman–Crippen LogP) is 9.94. The first-order chi connectivity index (χ1) is 37.2. The Morgan fingerprint density at radius 2 is 1.06 bits per heavy atom. The third kappa shape index (κ3) is 10.8. The lowest BCUT2D eigenvalue weighted by Crippen LogP contribution is -2.43. The molecule has 4 aliphatic rings. The zero-order valence-corrected chi connectivity index (χ0v) is 44.3. The first-order valence-electron chi connectivity index (χ1n) is 24.2. The number of carbonyl (C=O) groups is 4. The number of likely N-dealkylation sites (N-methyl/N-ethyl adjacent to an activating group) is 2. The molecule has 17 nitrogen and oxygen atoms in total. The summed E-state index contributed by atoms with van der Waals surface area (Å²) in [5.41, 5.74) is 10.3. The first kappa shape index (κ1) is 52.9. The smallest absolute Gasteiger partial charge is 0.262 e. The second kappa shape index (κ2) is 22.9. The van der Waals surface area contributed by atoms with Crippen LogP contribution in [0.25, 0.3) is 43.1 Å². The highest BCUT2D eigenvalue weighted by Crippen LogP contribution is 2.41. The number of thiocarbonyl (C=S) groups is 1. The molecule has 0 fully saturated rings. The third-order valence-corrected chi connectivity index (χ3v) is 13.6. The van der Waals surface area contributed by atoms with Gasteiger partial charge in [0.2, 0.25) is 13.6 Å². The summed E-state index contributed by atoms with van der Waals surface area (Å²) in [6.07, 6.45) is 0. The topological polar surface area (TPSA) is 216 Å². The van der Waals surface area contributed by atoms with Gasteiger partial charge < -0.3 is 45.1 Å². The highest BCUT2D eigenvalue weighted by Gasteiger charge is 2.36. The van der Waals surface area contributed by atoms with E-state index in [2.05, 4.69) is 10.6 Å². The largest absolute Gasteiger partial charge is 0.454 e. The minimum absolute atomic E-state index is 0.193. The summed E-state index contributed by atoms with van der Waals surface area (Å²) >= 11 is 6.73. The Balaban J connectivity index is 0.000000154. The Kier molecular flexibility index (Phi) is 15.7. The molecular formula is C58H51N9O8S2. The molecule has 4 aliphatic heterocycles. The zero-order valence-electron chi connectivity index (χ0n) is 42.6. The molecule has 8 aromatic rings. The molecule has 0 unspecified atom stereocenters. The number of thioether (sulfide) groups is 1. The number of nitrogens with zero attached hydrogens (tertiary/aromatic N) is 6. The standard InChI is InChI=1S/C28H24N4O4S.C20H19N3O2.C8H5NO2S.C2H3N/c1-31(2)11-12-32-26(33)19-7-3-5-16-13-17-6-4-8-20(24(17)25(23(16)19)27(32)34)30-28(37)29-18-9-10-21-22(14-18)36-15-35-21;1-22(2)9-10-23-19(24)14-7-3-5-12-11-13-6-4-8-15(21)17(13)18(16(12)14)20(23)25;9-4-12-6-1-2-7-8(3-6)11-5-10-7;1-2-3/h3-10,13-14H,11-12,15H2,1-2H3,(H2,29,30,37);3-8,11H,9-10,21H2,1-2H3;1-3H,5H2;1H3. The molecule has 0 bridgehead atoms. The number of nitrogens with two attached hydrogens (primary N) is 1. The van der Waals surface area contributed by atoms with Gasteiger partial charge in [0, 0.05) is 93.8 Å². The van der Waals surface area contributed by atoms with E-state index in [9.17, 15) is 19.2 Å². The van der Waals surface area contributed by atoms with E-state index in [1.807, 2.05) is 140 Å². The number of benzene rings is 8. The Labute approximate surface area is 453 Å². The predicted molar refractivity (Wildman–Crippen MR) is 303 cm³/mol. The summed E-state index contributed by atoms with van der Waals surface area (Å²) in [7, 11) is 7.67. The monoisotopic (exact) mass is 1070 g/mol. The SMILES string of the molecule is CC#N.CN(C)CCN1C(=O)c2cccc3cc4cccc(N)c4c(c23)C1=O.CN(C)CCN1C(=O)c2cccc3cc4cccc(NC(=S)Nc5ccc6c(c5)OCO6)c4c(c23)C1=O.N#CSc1ccc2c(c1)OCO2. The van der Waals surface area contributed by atoms with Gasteiger partial charge in [-0.15, -0.1) is 0 Å². The molecule has 19 heteroatoms. The Bertz CT molecular complexity index is 3800. The van der Waals surface area contributed by atoms with Crippen LogP contribution in [0, 0.1) is 22.0 Å². The molecule has 8 aromatic carbocycles. The fraction of sp³-hybridized carbons (Fsp3) is 0.190. The average molecular weight is 1070 g/mol. The van der Waals surface area contributed by atoms with Gasteiger partial charge in [0.05, 0.1) is 17.2 Å². The van der Waals surface area contributed by atoms with Crippen molar-refractivity contribution in [1.29, 1.82) is 10.5 Å². The molecule has 4 amide bonds. The lowest BCUT2D eigenvalue weighted by atomic mass is 9.89. The van der Waals surface area contributed by atoms with E-state index in [1.54, 1.807) is 30.3 Å². The van der Waals surface area contributed by atoms with Gasteiger partial charge >= 0.3 is 0 Å². The molecule has 0 saturated heterocycles. The second-order valence-corrected chi connectivity index (χ2v) is 19.6. The van der Waals surface area contributed by atoms with Gasteiger partial charge in [-0.25, -0.2) is 0 Å². The third-order valence-electron chi connectivity index (χ3n) is 12.8. The van der Waals surface area contributed by atoms with Crippen molar-refractivity contribution in [1.82, 2.24) is 19.6 Å². The van der Waals surface area contributed by atoms with E-state index >= 15 is 0 Å². The zero-order chi connectivity index (χ0) is 54.5. The van der Waals surface area contributed by atoms with Crippen LogP contribution in [0.1, 0.15) is 48.4 Å². The fourth-order valence-corrected chi connectivity index (χ4v) is 10.0. The number of rotatable bonds is 9. The summed E-state index contributed by atoms with van der Waals surface area (Å²) in [5.74, 6) is 1.73. The Hall–Kier alpha value is -8.98. The Morgan fingerprint density at radius 1 is 0.597 bits per heavy atom. The number of nitriles is 2. The molecular weight excluding hydrogens is 1010 g/mol. The van der Waals surface area contributed by atoms with Crippen LogP contribution in [0.3, 0.4) is 0 Å². The molecule has 0 atom stereocenters. The summed E-state index contributed by atoms with van der Waals surface area (Å²) in [6.45, 7) is 3.74. The van der Waals surface area contributed by atoms with Gasteiger partial charge in [-0.1, -0.05) is 48.5 Å². The molecule has 388 valence electrons. The highest BCUT2D eigenvalue weighted by atomic mass is 32.2. The lowest BCUT2D eigenvalue weighted by molar-refractivity contribution is 0.0587. The molecule has 12 rings (SSSR count). The minimum Gasteiger partial charge on any atom is -0.454 e. The number of carbonyl (C=O) groups excluding carboxylic acids is 4. The van der Waals surface area contributed by atoms with Crippen molar-refractivity contribution in [2.75, 3.05) is 84.3 Å². The highest BCUT2D eigenvalue weighted by molar-refractivity contribution is 8.03. The van der Waals surface area contributed by atoms with Crippen molar-refractivity contribution in [2.45, 2.75) is 11.8 Å². The van der Waals surface area contributed by atoms with Crippen LogP contribution in [0.15, 0.2) is 126 Å². The van der Waals surface area contributed by atoms with E-state index in [4.69, 9.17) is 47.4 Å². The molecule has 4 N–H and O–H groups in total. The van der Waals surface area contributed by atoms with Crippen LogP contribution in [-0.4, -0.2) is 116 Å². The van der Waals surface area contributed by atoms with E-state index < -0.39 is 0 Å². The summed E-state index contributed by atoms with van der Waals surface area (Å²) in [4.78, 5) is 60.8. The van der Waals surface area contributed by atoms with Gasteiger partial charge in [0.15, 0.2) is 28.1 Å². The quantitative estimate of drug-likeness (QED) is 0.0306. The molecule has 0 aromatic heterocycles. The van der Waals surface area contributed by atoms with Crippen molar-refractivity contribution < 1.29 is 38.1 Å². The molecule has 0 aliphatic carbocycles. The lowest BCUT2D eigenvalue weighted by Gasteiger charge is -2.29. The van der Waals surface area contributed by atoms with Crippen molar-refractivity contribution in [3.05, 3.63) is 144 Å². The van der Waals surface area contributed by atoms with Gasteiger partial charge in [-0.05, 0) is 140 Å². The second-order valence-electron chi connectivity index (χ2n) is 18.4. The van der Waals surface area contributed by atoms with Gasteiger partial charge in [0.25, 0.3) is 23.6 Å². The number of nitrogen functional groups attached to an aromatic ring is 1. The maximum Gasteiger partial charge on any atom is 0.262 e. The van der Waals surface area contributed by atoms with Crippen LogP contribution in [0.4, 0.5) is 17.1 Å². The minimum atomic E-state index is -0.301. The number of anilines is 3. The number of nitrogens with one attached hydrogen (secondary N) is 2. The molecule has 77 heavy (non-hydrogen) atoms. The first-order valence-corrected chi connectivity index (χ1v) is 25.4. The summed E-state index contributed by atoms with van der Waals surface area (Å²) in [6, 6.07) is 39.2. The van der Waals surface area contributed by atoms with E-state index in [-0.39, 0.29) is 37.2 Å². The molecule has 4 heterocycles. The molecule has 0 radical (unpaired) electrons. The number of ether oxygens (including phenoxy) is 4. The van der Waals surface area contributed by atoms with E-state index in [0.717, 1.165) is 66.2 Å². The van der Waals surface area contributed by atoms with Crippen LogP contribution >= 0.6 is 24.0 Å². The van der Waals surface area contributed by atoms with Crippen molar-refractivity contribution >= 4 is 113 Å².